The van der Waals surface area contributed by atoms with Gasteiger partial charge in [-0.25, -0.2) is 8.42 Å². The highest BCUT2D eigenvalue weighted by atomic mass is 32.2. The Morgan fingerprint density at radius 2 is 1.74 bits per heavy atom. The van der Waals surface area contributed by atoms with Crippen molar-refractivity contribution in [3.8, 4) is 11.5 Å². The molecule has 8 nitrogen and oxygen atoms in total. The first-order chi connectivity index (χ1) is 11.1. The molecule has 0 bridgehead atoms. The lowest BCUT2D eigenvalue weighted by molar-refractivity contribution is 0.171. The van der Waals surface area contributed by atoms with Crippen LogP contribution in [0, 0.1) is 0 Å². The van der Waals surface area contributed by atoms with Gasteiger partial charge in [-0.2, -0.15) is 0 Å². The van der Waals surface area contributed by atoms with Crippen LogP contribution in [0.2, 0.25) is 0 Å². The van der Waals surface area contributed by atoms with E-state index in [1.54, 1.807) is 19.1 Å². The van der Waals surface area contributed by atoms with E-state index in [0.29, 0.717) is 30.5 Å². The first-order valence-corrected chi connectivity index (χ1v) is 8.72. The molecule has 0 unspecified atom stereocenters. The molecule has 0 aliphatic carbocycles. The summed E-state index contributed by atoms with van der Waals surface area (Å²) in [6.45, 7) is 2.61. The van der Waals surface area contributed by atoms with Gasteiger partial charge < -0.3 is 14.8 Å². The van der Waals surface area contributed by atoms with Gasteiger partial charge >= 0.3 is 0 Å². The van der Waals surface area contributed by atoms with Gasteiger partial charge in [-0.05, 0) is 31.2 Å². The lowest BCUT2D eigenvalue weighted by atomic mass is 10.2. The van der Waals surface area contributed by atoms with E-state index >= 15 is 0 Å². The predicted octanol–water partition coefficient (Wildman–Crippen LogP) is 1.75. The normalized spacial score (nSPS) is 13.4. The molecule has 0 amide bonds. The molecule has 0 saturated heterocycles. The Morgan fingerprint density at radius 3 is 2.43 bits per heavy atom. The minimum atomic E-state index is -3.36. The summed E-state index contributed by atoms with van der Waals surface area (Å²) in [6, 6.07) is 8.64. The molecule has 9 heteroatoms. The van der Waals surface area contributed by atoms with Crippen LogP contribution in [0.15, 0.2) is 30.3 Å². The summed E-state index contributed by atoms with van der Waals surface area (Å²) < 4.78 is 36.2. The van der Waals surface area contributed by atoms with Gasteiger partial charge in [0.05, 0.1) is 5.75 Å². The van der Waals surface area contributed by atoms with Crippen molar-refractivity contribution >= 4 is 27.3 Å². The number of fused-ring (bicyclic) bond motifs is 1. The summed E-state index contributed by atoms with van der Waals surface area (Å²) in [6.07, 6.45) is 0. The van der Waals surface area contributed by atoms with Crippen molar-refractivity contribution < 1.29 is 17.9 Å². The van der Waals surface area contributed by atoms with Crippen molar-refractivity contribution in [3.05, 3.63) is 30.3 Å². The van der Waals surface area contributed by atoms with E-state index in [1.165, 1.54) is 0 Å². The SMILES string of the molecule is CCS(=O)(=O)Nc1ccc(Nc2ccc3c(c2)OCCO3)nn1. The minimum absolute atomic E-state index is 0.0219. The number of anilines is 3. The van der Waals surface area contributed by atoms with Crippen LogP contribution in [-0.2, 0) is 10.0 Å². The Morgan fingerprint density at radius 1 is 1.04 bits per heavy atom. The monoisotopic (exact) mass is 336 g/mol. The maximum atomic E-state index is 11.5. The van der Waals surface area contributed by atoms with Crippen molar-refractivity contribution in [1.82, 2.24) is 10.2 Å². The molecule has 1 aromatic carbocycles. The summed E-state index contributed by atoms with van der Waals surface area (Å²) in [5.41, 5.74) is 0.769. The Bertz CT molecular complexity index is 793. The molecule has 0 fully saturated rings. The van der Waals surface area contributed by atoms with Crippen LogP contribution >= 0.6 is 0 Å². The fourth-order valence-electron chi connectivity index (χ4n) is 1.95. The molecule has 23 heavy (non-hydrogen) atoms. The molecule has 0 atom stereocenters. The van der Waals surface area contributed by atoms with E-state index in [9.17, 15) is 8.42 Å². The minimum Gasteiger partial charge on any atom is -0.486 e. The maximum absolute atomic E-state index is 11.5. The fraction of sp³-hybridized carbons (Fsp3) is 0.286. The zero-order valence-electron chi connectivity index (χ0n) is 12.4. The van der Waals surface area contributed by atoms with Crippen LogP contribution in [-0.4, -0.2) is 37.6 Å². The Kier molecular flexibility index (Phi) is 4.20. The highest BCUT2D eigenvalue weighted by Gasteiger charge is 2.12. The second-order valence-corrected chi connectivity index (χ2v) is 6.80. The van der Waals surface area contributed by atoms with Gasteiger partial charge in [0, 0.05) is 11.8 Å². The molecule has 1 aliphatic rings. The number of hydrogen-bond acceptors (Lipinski definition) is 7. The number of benzene rings is 1. The quantitative estimate of drug-likeness (QED) is 0.857. The lowest BCUT2D eigenvalue weighted by Crippen LogP contribution is -2.16. The molecule has 2 aromatic rings. The van der Waals surface area contributed by atoms with Crippen LogP contribution in [0.4, 0.5) is 17.3 Å². The predicted molar refractivity (Wildman–Crippen MR) is 85.8 cm³/mol. The lowest BCUT2D eigenvalue weighted by Gasteiger charge is -2.19. The van der Waals surface area contributed by atoms with Gasteiger partial charge in [-0.1, -0.05) is 0 Å². The number of rotatable bonds is 5. The zero-order valence-corrected chi connectivity index (χ0v) is 13.3. The maximum Gasteiger partial charge on any atom is 0.233 e. The van der Waals surface area contributed by atoms with Crippen molar-refractivity contribution in [1.29, 1.82) is 0 Å². The van der Waals surface area contributed by atoms with Crippen LogP contribution in [0.25, 0.3) is 0 Å². The summed E-state index contributed by atoms with van der Waals surface area (Å²) in [4.78, 5) is 0. The first-order valence-electron chi connectivity index (χ1n) is 7.06. The topological polar surface area (TPSA) is 102 Å². The summed E-state index contributed by atoms with van der Waals surface area (Å²) in [5.74, 6) is 2.02. The fourth-order valence-corrected chi connectivity index (χ4v) is 2.53. The molecular formula is C14H16N4O4S. The second-order valence-electron chi connectivity index (χ2n) is 4.79. The van der Waals surface area contributed by atoms with Crippen LogP contribution in [0.1, 0.15) is 6.92 Å². The smallest absolute Gasteiger partial charge is 0.233 e. The van der Waals surface area contributed by atoms with Crippen LogP contribution in [0.5, 0.6) is 11.5 Å². The van der Waals surface area contributed by atoms with Crippen LogP contribution in [0.3, 0.4) is 0 Å². The van der Waals surface area contributed by atoms with E-state index in [4.69, 9.17) is 9.47 Å². The molecule has 0 saturated carbocycles. The molecule has 2 N–H and O–H groups in total. The van der Waals surface area contributed by atoms with Crippen LogP contribution < -0.4 is 19.5 Å². The molecular weight excluding hydrogens is 320 g/mol. The summed E-state index contributed by atoms with van der Waals surface area (Å²) in [5, 5.41) is 10.9. The van der Waals surface area contributed by atoms with Gasteiger partial charge in [0.15, 0.2) is 23.1 Å². The summed E-state index contributed by atoms with van der Waals surface area (Å²) >= 11 is 0. The Hall–Kier alpha value is -2.55. The van der Waals surface area contributed by atoms with Gasteiger partial charge in [0.1, 0.15) is 13.2 Å². The van der Waals surface area contributed by atoms with E-state index in [2.05, 4.69) is 20.2 Å². The molecule has 0 radical (unpaired) electrons. The molecule has 1 aromatic heterocycles. The number of ether oxygens (including phenoxy) is 2. The van der Waals surface area contributed by atoms with Gasteiger partial charge in [0.25, 0.3) is 0 Å². The number of nitrogens with one attached hydrogen (secondary N) is 2. The van der Waals surface area contributed by atoms with Gasteiger partial charge in [-0.15, -0.1) is 10.2 Å². The largest absolute Gasteiger partial charge is 0.486 e. The highest BCUT2D eigenvalue weighted by Crippen LogP contribution is 2.33. The summed E-state index contributed by atoms with van der Waals surface area (Å²) in [7, 11) is -3.36. The number of nitrogens with zero attached hydrogens (tertiary/aromatic N) is 2. The number of hydrogen-bond donors (Lipinski definition) is 2. The Labute approximate surface area is 133 Å². The molecule has 3 rings (SSSR count). The average Bonchev–Trinajstić information content (AvgIpc) is 2.56. The Balaban J connectivity index is 1.71. The number of sulfonamides is 1. The average molecular weight is 336 g/mol. The third-order valence-corrected chi connectivity index (χ3v) is 4.40. The van der Waals surface area contributed by atoms with E-state index < -0.39 is 10.0 Å². The van der Waals surface area contributed by atoms with E-state index in [0.717, 1.165) is 5.69 Å². The van der Waals surface area contributed by atoms with E-state index in [-0.39, 0.29) is 11.6 Å². The van der Waals surface area contributed by atoms with Crippen molar-refractivity contribution in [2.45, 2.75) is 6.92 Å². The van der Waals surface area contributed by atoms with Crippen molar-refractivity contribution in [2.75, 3.05) is 29.0 Å². The molecule has 1 aliphatic heterocycles. The van der Waals surface area contributed by atoms with Crippen molar-refractivity contribution in [3.63, 3.8) is 0 Å². The van der Waals surface area contributed by atoms with Gasteiger partial charge in [-0.3, -0.25) is 4.72 Å². The standard InChI is InChI=1S/C14H16N4O4S/c1-2-23(19,20)18-14-6-5-13(16-17-14)15-10-3-4-11-12(9-10)22-8-7-21-11/h3-6,9H,2,7-8H2,1H3,(H,15,16)(H,17,18). The zero-order chi connectivity index (χ0) is 16.3. The van der Waals surface area contributed by atoms with E-state index in [1.807, 2.05) is 18.2 Å². The molecule has 0 spiro atoms. The molecule has 2 heterocycles. The second kappa shape index (κ2) is 6.29. The van der Waals surface area contributed by atoms with Gasteiger partial charge in [0.2, 0.25) is 10.0 Å². The highest BCUT2D eigenvalue weighted by molar-refractivity contribution is 7.92. The molecule has 122 valence electrons. The third kappa shape index (κ3) is 3.81. The first kappa shape index (κ1) is 15.3. The number of aromatic nitrogens is 2. The third-order valence-electron chi connectivity index (χ3n) is 3.12. The van der Waals surface area contributed by atoms with Crippen molar-refractivity contribution in [2.24, 2.45) is 0 Å².